The zero-order valence-electron chi connectivity index (χ0n) is 7.53. The SMILES string of the molecule is CC1Sc2ccc(Cl)cc2C1C(=O)O. The van der Waals surface area contributed by atoms with E-state index >= 15 is 0 Å². The van der Waals surface area contributed by atoms with Crippen LogP contribution in [0.25, 0.3) is 0 Å². The van der Waals surface area contributed by atoms with E-state index in [-0.39, 0.29) is 5.25 Å². The Morgan fingerprint density at radius 2 is 2.29 bits per heavy atom. The first-order valence-corrected chi connectivity index (χ1v) is 5.54. The van der Waals surface area contributed by atoms with Crippen molar-refractivity contribution in [2.45, 2.75) is 23.0 Å². The Hall–Kier alpha value is -0.670. The minimum Gasteiger partial charge on any atom is -0.481 e. The van der Waals surface area contributed by atoms with E-state index in [1.54, 1.807) is 23.9 Å². The van der Waals surface area contributed by atoms with Crippen LogP contribution in [-0.4, -0.2) is 16.3 Å². The van der Waals surface area contributed by atoms with Gasteiger partial charge in [0.15, 0.2) is 0 Å². The molecule has 0 amide bonds. The third-order valence-corrected chi connectivity index (χ3v) is 3.86. The number of aliphatic carboxylic acids is 1. The lowest BCUT2D eigenvalue weighted by atomic mass is 9.97. The smallest absolute Gasteiger partial charge is 0.312 e. The highest BCUT2D eigenvalue weighted by Crippen LogP contribution is 2.46. The Morgan fingerprint density at radius 3 is 2.93 bits per heavy atom. The lowest BCUT2D eigenvalue weighted by Crippen LogP contribution is -2.16. The van der Waals surface area contributed by atoms with Gasteiger partial charge in [0, 0.05) is 15.2 Å². The van der Waals surface area contributed by atoms with Crippen molar-refractivity contribution in [3.63, 3.8) is 0 Å². The average molecular weight is 229 g/mol. The molecular weight excluding hydrogens is 220 g/mol. The number of rotatable bonds is 1. The predicted molar refractivity (Wildman–Crippen MR) is 57.1 cm³/mol. The van der Waals surface area contributed by atoms with Crippen LogP contribution in [0.3, 0.4) is 0 Å². The van der Waals surface area contributed by atoms with E-state index in [9.17, 15) is 4.79 Å². The molecule has 0 spiro atoms. The Balaban J connectivity index is 2.49. The van der Waals surface area contributed by atoms with E-state index in [2.05, 4.69) is 0 Å². The highest BCUT2D eigenvalue weighted by molar-refractivity contribution is 8.00. The molecular formula is C10H9ClO2S. The molecule has 1 heterocycles. The molecule has 1 N–H and O–H groups in total. The molecule has 2 unspecified atom stereocenters. The maximum absolute atomic E-state index is 11.0. The molecule has 1 aliphatic heterocycles. The Kier molecular flexibility index (Phi) is 2.45. The normalized spacial score (nSPS) is 24.7. The van der Waals surface area contributed by atoms with Crippen LogP contribution in [0.5, 0.6) is 0 Å². The standard InChI is InChI=1S/C10H9ClO2S/c1-5-9(10(12)13)7-4-6(11)2-3-8(7)14-5/h2-5,9H,1H3,(H,12,13). The first kappa shape index (κ1) is 9.87. The Labute approximate surface area is 91.3 Å². The number of thioether (sulfide) groups is 1. The molecule has 0 fully saturated rings. The van der Waals surface area contributed by atoms with Gasteiger partial charge in [-0.2, -0.15) is 0 Å². The Morgan fingerprint density at radius 1 is 1.57 bits per heavy atom. The molecule has 0 aromatic heterocycles. The van der Waals surface area contributed by atoms with Crippen molar-refractivity contribution in [1.29, 1.82) is 0 Å². The number of benzene rings is 1. The van der Waals surface area contributed by atoms with Crippen LogP contribution < -0.4 is 0 Å². The molecule has 14 heavy (non-hydrogen) atoms. The second-order valence-corrected chi connectivity index (χ2v) is 5.18. The van der Waals surface area contributed by atoms with E-state index in [1.165, 1.54) is 0 Å². The van der Waals surface area contributed by atoms with Crippen LogP contribution in [0.1, 0.15) is 18.4 Å². The quantitative estimate of drug-likeness (QED) is 0.803. The molecule has 74 valence electrons. The van der Waals surface area contributed by atoms with Crippen LogP contribution in [0.15, 0.2) is 23.1 Å². The molecule has 0 bridgehead atoms. The average Bonchev–Trinajstić information content (AvgIpc) is 2.40. The molecule has 0 aliphatic carbocycles. The van der Waals surface area contributed by atoms with Gasteiger partial charge in [-0.05, 0) is 23.8 Å². The van der Waals surface area contributed by atoms with Crippen molar-refractivity contribution >= 4 is 29.3 Å². The second kappa shape index (κ2) is 3.48. The van der Waals surface area contributed by atoms with E-state index in [0.717, 1.165) is 10.5 Å². The van der Waals surface area contributed by atoms with E-state index in [0.29, 0.717) is 5.02 Å². The van der Waals surface area contributed by atoms with Crippen LogP contribution in [-0.2, 0) is 4.79 Å². The molecule has 2 nitrogen and oxygen atoms in total. The van der Waals surface area contributed by atoms with E-state index in [4.69, 9.17) is 16.7 Å². The summed E-state index contributed by atoms with van der Waals surface area (Å²) in [5.74, 6) is -1.19. The summed E-state index contributed by atoms with van der Waals surface area (Å²) < 4.78 is 0. The third kappa shape index (κ3) is 1.51. The lowest BCUT2D eigenvalue weighted by Gasteiger charge is -2.09. The number of carboxylic acid groups (broad SMARTS) is 1. The summed E-state index contributed by atoms with van der Waals surface area (Å²) in [6.45, 7) is 1.93. The van der Waals surface area contributed by atoms with Gasteiger partial charge in [0.25, 0.3) is 0 Å². The zero-order valence-corrected chi connectivity index (χ0v) is 9.10. The summed E-state index contributed by atoms with van der Waals surface area (Å²) in [7, 11) is 0. The van der Waals surface area contributed by atoms with Gasteiger partial charge in [-0.3, -0.25) is 4.79 Å². The van der Waals surface area contributed by atoms with Crippen LogP contribution in [0.2, 0.25) is 5.02 Å². The molecule has 1 aromatic carbocycles. The van der Waals surface area contributed by atoms with Crippen LogP contribution in [0, 0.1) is 0 Å². The number of hydrogen-bond acceptors (Lipinski definition) is 2. The largest absolute Gasteiger partial charge is 0.481 e. The molecule has 0 radical (unpaired) electrons. The number of carboxylic acids is 1. The number of halogens is 1. The minimum absolute atomic E-state index is 0.0842. The van der Waals surface area contributed by atoms with Gasteiger partial charge < -0.3 is 5.11 Å². The fraction of sp³-hybridized carbons (Fsp3) is 0.300. The van der Waals surface area contributed by atoms with Gasteiger partial charge in [-0.1, -0.05) is 18.5 Å². The van der Waals surface area contributed by atoms with E-state index in [1.807, 2.05) is 13.0 Å². The molecule has 2 atom stereocenters. The minimum atomic E-state index is -0.772. The topological polar surface area (TPSA) is 37.3 Å². The van der Waals surface area contributed by atoms with E-state index < -0.39 is 11.9 Å². The van der Waals surface area contributed by atoms with Gasteiger partial charge in [0.1, 0.15) is 0 Å². The zero-order chi connectivity index (χ0) is 10.3. The summed E-state index contributed by atoms with van der Waals surface area (Å²) in [5.41, 5.74) is 0.850. The first-order valence-electron chi connectivity index (χ1n) is 4.28. The van der Waals surface area contributed by atoms with Gasteiger partial charge in [-0.25, -0.2) is 0 Å². The number of fused-ring (bicyclic) bond motifs is 1. The molecule has 0 saturated carbocycles. The molecule has 4 heteroatoms. The van der Waals surface area contributed by atoms with Crippen molar-refractivity contribution in [2.24, 2.45) is 0 Å². The van der Waals surface area contributed by atoms with Crippen molar-refractivity contribution in [3.05, 3.63) is 28.8 Å². The van der Waals surface area contributed by atoms with Crippen molar-refractivity contribution in [1.82, 2.24) is 0 Å². The highest BCUT2D eigenvalue weighted by atomic mass is 35.5. The molecule has 1 aliphatic rings. The number of hydrogen-bond donors (Lipinski definition) is 1. The summed E-state index contributed by atoms with van der Waals surface area (Å²) in [6.07, 6.45) is 0. The van der Waals surface area contributed by atoms with Gasteiger partial charge in [0.05, 0.1) is 5.92 Å². The molecule has 0 saturated heterocycles. The van der Waals surface area contributed by atoms with Crippen LogP contribution >= 0.6 is 23.4 Å². The van der Waals surface area contributed by atoms with Crippen molar-refractivity contribution < 1.29 is 9.90 Å². The molecule has 1 aromatic rings. The fourth-order valence-corrected chi connectivity index (χ4v) is 3.17. The maximum Gasteiger partial charge on any atom is 0.312 e. The monoisotopic (exact) mass is 228 g/mol. The van der Waals surface area contributed by atoms with Gasteiger partial charge in [0.2, 0.25) is 0 Å². The van der Waals surface area contributed by atoms with Crippen LogP contribution in [0.4, 0.5) is 0 Å². The summed E-state index contributed by atoms with van der Waals surface area (Å²) >= 11 is 7.44. The third-order valence-electron chi connectivity index (χ3n) is 2.36. The predicted octanol–water partition coefficient (Wildman–Crippen LogP) is 3.00. The lowest BCUT2D eigenvalue weighted by molar-refractivity contribution is -0.138. The summed E-state index contributed by atoms with van der Waals surface area (Å²) in [5, 5.41) is 9.75. The van der Waals surface area contributed by atoms with Crippen molar-refractivity contribution in [3.8, 4) is 0 Å². The second-order valence-electron chi connectivity index (χ2n) is 3.32. The Bertz CT molecular complexity index is 392. The molecule has 2 rings (SSSR count). The first-order chi connectivity index (χ1) is 6.59. The maximum atomic E-state index is 11.0. The summed E-state index contributed by atoms with van der Waals surface area (Å²) in [6, 6.07) is 5.44. The highest BCUT2D eigenvalue weighted by Gasteiger charge is 2.35. The van der Waals surface area contributed by atoms with Gasteiger partial charge in [-0.15, -0.1) is 11.8 Å². The summed E-state index contributed by atoms with van der Waals surface area (Å²) in [4.78, 5) is 12.1. The fourth-order valence-electron chi connectivity index (χ4n) is 1.72. The van der Waals surface area contributed by atoms with Gasteiger partial charge >= 0.3 is 5.97 Å². The van der Waals surface area contributed by atoms with Crippen molar-refractivity contribution in [2.75, 3.05) is 0 Å². The number of carbonyl (C=O) groups is 1.